The summed E-state index contributed by atoms with van der Waals surface area (Å²) in [5.74, 6) is 1.73. The number of nitrogens with one attached hydrogen (secondary N) is 1. The molecule has 1 rings (SSSR count). The average Bonchev–Trinajstić information content (AvgIpc) is 2.53. The summed E-state index contributed by atoms with van der Waals surface area (Å²) in [6.45, 7) is 6.31. The highest BCUT2D eigenvalue weighted by atomic mass is 79.9. The smallest absolute Gasteiger partial charge is 0.183 e. The van der Waals surface area contributed by atoms with E-state index in [1.54, 1.807) is 0 Å². The molecule has 1 aromatic rings. The first-order chi connectivity index (χ1) is 7.17. The quantitative estimate of drug-likeness (QED) is 0.835. The van der Waals surface area contributed by atoms with E-state index in [1.165, 1.54) is 12.8 Å². The Kier molecular flexibility index (Phi) is 5.94. The highest BCUT2D eigenvalue weighted by Crippen LogP contribution is 2.26. The topological polar surface area (TPSA) is 25.2 Å². The largest absolute Gasteiger partial charge is 0.452 e. The molecule has 0 aliphatic carbocycles. The van der Waals surface area contributed by atoms with E-state index in [9.17, 15) is 0 Å². The maximum absolute atomic E-state index is 5.47. The Labute approximate surface area is 108 Å². The van der Waals surface area contributed by atoms with Gasteiger partial charge in [-0.3, -0.25) is 0 Å². The number of furan rings is 1. The molecule has 2 nitrogen and oxygen atoms in total. The molecule has 4 heteroatoms. The first-order valence-corrected chi connectivity index (χ1v) is 6.90. The lowest BCUT2D eigenvalue weighted by Gasteiger charge is -2.12. The van der Waals surface area contributed by atoms with Crippen molar-refractivity contribution in [1.82, 2.24) is 5.32 Å². The van der Waals surface area contributed by atoms with Crippen molar-refractivity contribution in [3.63, 3.8) is 0 Å². The van der Waals surface area contributed by atoms with Gasteiger partial charge in [0.15, 0.2) is 4.67 Å². The second-order valence-electron chi connectivity index (χ2n) is 3.65. The van der Waals surface area contributed by atoms with Gasteiger partial charge in [0.2, 0.25) is 0 Å². The van der Waals surface area contributed by atoms with Gasteiger partial charge < -0.3 is 9.73 Å². The lowest BCUT2D eigenvalue weighted by Crippen LogP contribution is -2.21. The van der Waals surface area contributed by atoms with Gasteiger partial charge in [0.05, 0.1) is 11.0 Å². The molecular weight excluding hydrogens is 322 g/mol. The minimum atomic E-state index is 0.766. The van der Waals surface area contributed by atoms with Crippen LogP contribution >= 0.6 is 31.9 Å². The van der Waals surface area contributed by atoms with Crippen LogP contribution in [0.4, 0.5) is 0 Å². The van der Waals surface area contributed by atoms with Gasteiger partial charge in [0.1, 0.15) is 5.76 Å². The fourth-order valence-corrected chi connectivity index (χ4v) is 2.11. The predicted octanol–water partition coefficient (Wildman–Crippen LogP) is 4.33. The van der Waals surface area contributed by atoms with Gasteiger partial charge in [0, 0.05) is 0 Å². The lowest BCUT2D eigenvalue weighted by molar-refractivity contribution is 0.417. The maximum Gasteiger partial charge on any atom is 0.183 e. The fraction of sp³-hybridized carbons (Fsp3) is 0.636. The van der Waals surface area contributed by atoms with Crippen molar-refractivity contribution in [2.45, 2.75) is 33.2 Å². The second-order valence-corrected chi connectivity index (χ2v) is 5.22. The van der Waals surface area contributed by atoms with Crippen molar-refractivity contribution in [2.24, 2.45) is 5.92 Å². The summed E-state index contributed by atoms with van der Waals surface area (Å²) in [6.07, 6.45) is 2.46. The lowest BCUT2D eigenvalue weighted by atomic mass is 10.0. The number of hydrogen-bond acceptors (Lipinski definition) is 2. The minimum Gasteiger partial charge on any atom is -0.452 e. The van der Waals surface area contributed by atoms with Crippen LogP contribution in [0.25, 0.3) is 0 Å². The normalized spacial score (nSPS) is 11.3. The van der Waals surface area contributed by atoms with Gasteiger partial charge in [0.25, 0.3) is 0 Å². The van der Waals surface area contributed by atoms with Gasteiger partial charge in [-0.25, -0.2) is 0 Å². The van der Waals surface area contributed by atoms with Crippen molar-refractivity contribution in [3.05, 3.63) is 21.0 Å². The molecule has 0 spiro atoms. The van der Waals surface area contributed by atoms with Crippen LogP contribution in [0.3, 0.4) is 0 Å². The van der Waals surface area contributed by atoms with Crippen LogP contribution in [0, 0.1) is 5.92 Å². The minimum absolute atomic E-state index is 0.766. The zero-order valence-corrected chi connectivity index (χ0v) is 12.3. The Bertz CT molecular complexity index is 275. The first kappa shape index (κ1) is 13.3. The Morgan fingerprint density at radius 1 is 1.33 bits per heavy atom. The number of rotatable bonds is 6. The molecular formula is C11H17Br2NO. The summed E-state index contributed by atoms with van der Waals surface area (Å²) in [5, 5.41) is 3.41. The molecule has 0 amide bonds. The third-order valence-corrected chi connectivity index (χ3v) is 4.29. The third kappa shape index (κ3) is 4.29. The highest BCUT2D eigenvalue weighted by Gasteiger charge is 2.07. The van der Waals surface area contributed by atoms with E-state index in [0.29, 0.717) is 0 Å². The molecule has 0 aliphatic rings. The van der Waals surface area contributed by atoms with Crippen LogP contribution < -0.4 is 5.32 Å². The van der Waals surface area contributed by atoms with E-state index in [2.05, 4.69) is 51.0 Å². The average molecular weight is 339 g/mol. The Morgan fingerprint density at radius 3 is 2.47 bits per heavy atom. The molecule has 0 unspecified atom stereocenters. The number of halogens is 2. The van der Waals surface area contributed by atoms with Crippen molar-refractivity contribution < 1.29 is 4.42 Å². The molecule has 15 heavy (non-hydrogen) atoms. The van der Waals surface area contributed by atoms with Gasteiger partial charge in [-0.05, 0) is 50.4 Å². The van der Waals surface area contributed by atoms with E-state index in [4.69, 9.17) is 4.42 Å². The van der Waals surface area contributed by atoms with Crippen LogP contribution in [0.2, 0.25) is 0 Å². The summed E-state index contributed by atoms with van der Waals surface area (Å²) < 4.78 is 7.21. The number of hydrogen-bond donors (Lipinski definition) is 1. The predicted molar refractivity (Wildman–Crippen MR) is 69.9 cm³/mol. The van der Waals surface area contributed by atoms with Crippen LogP contribution in [-0.2, 0) is 6.54 Å². The Balaban J connectivity index is 2.31. The molecule has 1 aromatic heterocycles. The summed E-state index contributed by atoms with van der Waals surface area (Å²) in [7, 11) is 0. The van der Waals surface area contributed by atoms with Crippen LogP contribution in [0.1, 0.15) is 32.4 Å². The molecule has 1 heterocycles. The Morgan fingerprint density at radius 2 is 2.00 bits per heavy atom. The highest BCUT2D eigenvalue weighted by molar-refractivity contribution is 9.13. The fourth-order valence-electron chi connectivity index (χ4n) is 1.46. The standard InChI is InChI=1S/C11H17Br2NO/c1-3-8(4-2)6-14-7-9-5-10(12)11(13)15-9/h5,8,14H,3-4,6-7H2,1-2H3. The molecule has 1 N–H and O–H groups in total. The summed E-state index contributed by atoms with van der Waals surface area (Å²) in [5.41, 5.74) is 0. The Hall–Kier alpha value is 0.200. The zero-order valence-electron chi connectivity index (χ0n) is 9.15. The van der Waals surface area contributed by atoms with Crippen molar-refractivity contribution in [1.29, 1.82) is 0 Å². The van der Waals surface area contributed by atoms with Crippen LogP contribution in [-0.4, -0.2) is 6.54 Å². The monoisotopic (exact) mass is 337 g/mol. The molecule has 0 saturated carbocycles. The molecule has 0 bridgehead atoms. The summed E-state index contributed by atoms with van der Waals surface area (Å²) in [6, 6.07) is 1.99. The van der Waals surface area contributed by atoms with E-state index >= 15 is 0 Å². The third-order valence-electron chi connectivity index (χ3n) is 2.58. The molecule has 0 aromatic carbocycles. The maximum atomic E-state index is 5.47. The summed E-state index contributed by atoms with van der Waals surface area (Å²) >= 11 is 6.72. The van der Waals surface area contributed by atoms with Crippen molar-refractivity contribution in [3.8, 4) is 0 Å². The van der Waals surface area contributed by atoms with Crippen LogP contribution in [0.5, 0.6) is 0 Å². The van der Waals surface area contributed by atoms with E-state index in [1.807, 2.05) is 6.07 Å². The van der Waals surface area contributed by atoms with Gasteiger partial charge in [-0.1, -0.05) is 26.7 Å². The molecule has 0 radical (unpaired) electrons. The second kappa shape index (κ2) is 6.71. The molecule has 0 atom stereocenters. The van der Waals surface area contributed by atoms with E-state index in [-0.39, 0.29) is 0 Å². The van der Waals surface area contributed by atoms with Crippen molar-refractivity contribution in [2.75, 3.05) is 6.54 Å². The van der Waals surface area contributed by atoms with Crippen molar-refractivity contribution >= 4 is 31.9 Å². The molecule has 0 aliphatic heterocycles. The summed E-state index contributed by atoms with van der Waals surface area (Å²) in [4.78, 5) is 0. The SMILES string of the molecule is CCC(CC)CNCc1cc(Br)c(Br)o1. The van der Waals surface area contributed by atoms with Gasteiger partial charge in [-0.15, -0.1) is 0 Å². The zero-order chi connectivity index (χ0) is 11.3. The van der Waals surface area contributed by atoms with E-state index < -0.39 is 0 Å². The molecule has 0 fully saturated rings. The van der Waals surface area contributed by atoms with Gasteiger partial charge in [-0.2, -0.15) is 0 Å². The molecule has 86 valence electrons. The van der Waals surface area contributed by atoms with Crippen LogP contribution in [0.15, 0.2) is 19.6 Å². The van der Waals surface area contributed by atoms with E-state index in [0.717, 1.165) is 33.9 Å². The van der Waals surface area contributed by atoms with Gasteiger partial charge >= 0.3 is 0 Å². The first-order valence-electron chi connectivity index (χ1n) is 5.31. The molecule has 0 saturated heterocycles.